The van der Waals surface area contributed by atoms with Crippen LogP contribution >= 0.6 is 15.9 Å². The minimum atomic E-state index is -1.15. The number of carbonyl (C=O) groups excluding carboxylic acids is 2. The van der Waals surface area contributed by atoms with E-state index in [2.05, 4.69) is 20.7 Å². The molecule has 1 unspecified atom stereocenters. The minimum absolute atomic E-state index is 0.357. The zero-order valence-electron chi connectivity index (χ0n) is 7.82. The average molecular weight is 271 g/mol. The second kappa shape index (κ2) is 3.66. The topological polar surface area (TPSA) is 52.6 Å². The molecule has 0 aromatic heterocycles. The van der Waals surface area contributed by atoms with Gasteiger partial charge in [0.25, 0.3) is 6.10 Å². The first-order chi connectivity index (χ1) is 7.13. The molecule has 0 fully saturated rings. The Morgan fingerprint density at radius 1 is 1.53 bits per heavy atom. The van der Waals surface area contributed by atoms with E-state index in [9.17, 15) is 9.59 Å². The molecule has 0 saturated heterocycles. The highest BCUT2D eigenvalue weighted by atomic mass is 79.9. The van der Waals surface area contributed by atoms with Gasteiger partial charge in [-0.05, 0) is 18.2 Å². The molecule has 0 radical (unpaired) electrons. The average Bonchev–Trinajstić information content (AvgIpc) is 2.54. The van der Waals surface area contributed by atoms with Gasteiger partial charge in [-0.1, -0.05) is 15.9 Å². The van der Waals surface area contributed by atoms with Crippen LogP contribution in [0.15, 0.2) is 22.7 Å². The lowest BCUT2D eigenvalue weighted by atomic mass is 10.1. The van der Waals surface area contributed by atoms with Crippen LogP contribution in [0.5, 0.6) is 5.75 Å². The molecule has 2 rings (SSSR count). The van der Waals surface area contributed by atoms with Crippen molar-refractivity contribution in [2.75, 3.05) is 7.11 Å². The van der Waals surface area contributed by atoms with Crippen molar-refractivity contribution >= 4 is 27.7 Å². The summed E-state index contributed by atoms with van der Waals surface area (Å²) in [6.07, 6.45) is -1.15. The molecule has 78 valence electrons. The predicted octanol–water partition coefficient (Wildman–Crippen LogP) is 1.57. The van der Waals surface area contributed by atoms with Crippen LogP contribution in [-0.2, 0) is 9.53 Å². The molecule has 0 N–H and O–H groups in total. The number of halogens is 1. The van der Waals surface area contributed by atoms with E-state index in [1.165, 1.54) is 7.11 Å². The monoisotopic (exact) mass is 270 g/mol. The SMILES string of the molecule is COC(=O)C1Oc2cc(Br)ccc2C1=O. The quantitative estimate of drug-likeness (QED) is 0.574. The van der Waals surface area contributed by atoms with Gasteiger partial charge in [0.1, 0.15) is 5.75 Å². The summed E-state index contributed by atoms with van der Waals surface area (Å²) < 4.78 is 10.5. The van der Waals surface area contributed by atoms with Crippen molar-refractivity contribution in [1.29, 1.82) is 0 Å². The van der Waals surface area contributed by atoms with Crippen molar-refractivity contribution in [2.24, 2.45) is 0 Å². The first-order valence-electron chi connectivity index (χ1n) is 4.21. The number of ketones is 1. The largest absolute Gasteiger partial charge is 0.470 e. The van der Waals surface area contributed by atoms with E-state index < -0.39 is 12.1 Å². The molecule has 5 heteroatoms. The number of hydrogen-bond donors (Lipinski definition) is 0. The number of ether oxygens (including phenoxy) is 2. The van der Waals surface area contributed by atoms with Crippen molar-refractivity contribution in [3.63, 3.8) is 0 Å². The molecule has 0 aliphatic carbocycles. The zero-order valence-corrected chi connectivity index (χ0v) is 9.41. The van der Waals surface area contributed by atoms with Crippen LogP contribution in [0, 0.1) is 0 Å². The fourth-order valence-electron chi connectivity index (χ4n) is 1.38. The molecular weight excluding hydrogens is 264 g/mol. The fraction of sp³-hybridized carbons (Fsp3) is 0.200. The summed E-state index contributed by atoms with van der Waals surface area (Å²) in [5.74, 6) is -0.624. The molecular formula is C10H7BrO4. The van der Waals surface area contributed by atoms with Gasteiger partial charge < -0.3 is 9.47 Å². The summed E-state index contributed by atoms with van der Waals surface area (Å²) >= 11 is 3.25. The highest BCUT2D eigenvalue weighted by Crippen LogP contribution is 2.31. The molecule has 15 heavy (non-hydrogen) atoms. The predicted molar refractivity (Wildman–Crippen MR) is 54.9 cm³/mol. The lowest BCUT2D eigenvalue weighted by molar-refractivity contribution is -0.145. The standard InChI is InChI=1S/C10H7BrO4/c1-14-10(13)9-8(12)6-3-2-5(11)4-7(6)15-9/h2-4,9H,1H3. The molecule has 0 saturated carbocycles. The van der Waals surface area contributed by atoms with E-state index in [0.717, 1.165) is 4.47 Å². The fourth-order valence-corrected chi connectivity index (χ4v) is 1.72. The number of hydrogen-bond acceptors (Lipinski definition) is 4. The Labute approximate surface area is 94.3 Å². The Morgan fingerprint density at radius 2 is 2.27 bits per heavy atom. The summed E-state index contributed by atoms with van der Waals surface area (Å²) in [6.45, 7) is 0. The summed E-state index contributed by atoms with van der Waals surface area (Å²) in [7, 11) is 1.22. The smallest absolute Gasteiger partial charge is 0.355 e. The molecule has 1 atom stereocenters. The number of carbonyl (C=O) groups is 2. The Bertz CT molecular complexity index is 441. The Balaban J connectivity index is 2.37. The van der Waals surface area contributed by atoms with Gasteiger partial charge in [0.2, 0.25) is 5.78 Å². The van der Waals surface area contributed by atoms with E-state index in [1.807, 2.05) is 0 Å². The maximum absolute atomic E-state index is 11.7. The highest BCUT2D eigenvalue weighted by Gasteiger charge is 2.38. The lowest BCUT2D eigenvalue weighted by Gasteiger charge is -2.05. The third-order valence-electron chi connectivity index (χ3n) is 2.11. The van der Waals surface area contributed by atoms with Gasteiger partial charge in [-0.2, -0.15) is 0 Å². The summed E-state index contributed by atoms with van der Waals surface area (Å²) in [5, 5.41) is 0. The van der Waals surface area contributed by atoms with E-state index in [-0.39, 0.29) is 5.78 Å². The van der Waals surface area contributed by atoms with Crippen LogP contribution in [0.4, 0.5) is 0 Å². The van der Waals surface area contributed by atoms with Crippen molar-refractivity contribution < 1.29 is 19.1 Å². The van der Waals surface area contributed by atoms with Gasteiger partial charge in [0, 0.05) is 4.47 Å². The van der Waals surface area contributed by atoms with Crippen LogP contribution in [0.2, 0.25) is 0 Å². The van der Waals surface area contributed by atoms with Crippen LogP contribution < -0.4 is 4.74 Å². The highest BCUT2D eigenvalue weighted by molar-refractivity contribution is 9.10. The van der Waals surface area contributed by atoms with Crippen LogP contribution in [-0.4, -0.2) is 25.0 Å². The van der Waals surface area contributed by atoms with E-state index in [4.69, 9.17) is 4.74 Å². The van der Waals surface area contributed by atoms with Crippen LogP contribution in [0.25, 0.3) is 0 Å². The van der Waals surface area contributed by atoms with E-state index in [1.54, 1.807) is 18.2 Å². The Kier molecular flexibility index (Phi) is 2.48. The third-order valence-corrected chi connectivity index (χ3v) is 2.60. The first kappa shape index (κ1) is 10.2. The van der Waals surface area contributed by atoms with Gasteiger partial charge in [-0.3, -0.25) is 4.79 Å². The maximum Gasteiger partial charge on any atom is 0.355 e. The van der Waals surface area contributed by atoms with Crippen molar-refractivity contribution in [3.8, 4) is 5.75 Å². The van der Waals surface area contributed by atoms with Gasteiger partial charge >= 0.3 is 5.97 Å². The van der Waals surface area contributed by atoms with Gasteiger partial charge in [0.15, 0.2) is 0 Å². The number of rotatable bonds is 1. The number of methoxy groups -OCH3 is 1. The summed E-state index contributed by atoms with van der Waals surface area (Å²) in [6, 6.07) is 4.99. The number of fused-ring (bicyclic) bond motifs is 1. The second-order valence-corrected chi connectivity index (χ2v) is 3.94. The molecule has 0 amide bonds. The molecule has 1 aliphatic rings. The third kappa shape index (κ3) is 1.63. The molecule has 0 bridgehead atoms. The van der Waals surface area contributed by atoms with Gasteiger partial charge in [0.05, 0.1) is 12.7 Å². The normalized spacial score (nSPS) is 18.3. The number of benzene rings is 1. The number of esters is 1. The first-order valence-corrected chi connectivity index (χ1v) is 5.01. The molecule has 1 aromatic rings. The molecule has 4 nitrogen and oxygen atoms in total. The second-order valence-electron chi connectivity index (χ2n) is 3.03. The Morgan fingerprint density at radius 3 is 2.93 bits per heavy atom. The van der Waals surface area contributed by atoms with Crippen LogP contribution in [0.3, 0.4) is 0 Å². The van der Waals surface area contributed by atoms with Crippen LogP contribution in [0.1, 0.15) is 10.4 Å². The minimum Gasteiger partial charge on any atom is -0.470 e. The molecule has 0 spiro atoms. The van der Waals surface area contributed by atoms with Crippen molar-refractivity contribution in [3.05, 3.63) is 28.2 Å². The Hall–Kier alpha value is -1.36. The zero-order chi connectivity index (χ0) is 11.0. The molecule has 1 aliphatic heterocycles. The van der Waals surface area contributed by atoms with Gasteiger partial charge in [-0.25, -0.2) is 4.79 Å². The van der Waals surface area contributed by atoms with Crippen molar-refractivity contribution in [2.45, 2.75) is 6.10 Å². The summed E-state index contributed by atoms with van der Waals surface area (Å²) in [4.78, 5) is 22.9. The molecule has 1 heterocycles. The number of Topliss-reactive ketones (excluding diaryl/α,β-unsaturated/α-hetero) is 1. The summed E-state index contributed by atoms with van der Waals surface area (Å²) in [5.41, 5.74) is 0.411. The van der Waals surface area contributed by atoms with E-state index in [0.29, 0.717) is 11.3 Å². The lowest BCUT2D eigenvalue weighted by Crippen LogP contribution is -2.31. The molecule has 1 aromatic carbocycles. The van der Waals surface area contributed by atoms with Crippen molar-refractivity contribution in [1.82, 2.24) is 0 Å². The maximum atomic E-state index is 11.7. The van der Waals surface area contributed by atoms with Gasteiger partial charge in [-0.15, -0.1) is 0 Å². The van der Waals surface area contributed by atoms with E-state index >= 15 is 0 Å².